The first kappa shape index (κ1) is 26.0. The summed E-state index contributed by atoms with van der Waals surface area (Å²) in [6.45, 7) is 6.57. The Morgan fingerprint density at radius 3 is 2.04 bits per heavy atom. The number of aryl methyl sites for hydroxylation is 1. The van der Waals surface area contributed by atoms with E-state index >= 15 is 0 Å². The zero-order chi connectivity index (χ0) is 20.7. The van der Waals surface area contributed by atoms with E-state index in [0.717, 1.165) is 45.3 Å². The van der Waals surface area contributed by atoms with Crippen LogP contribution in [0.3, 0.4) is 0 Å². The molecule has 1 aliphatic carbocycles. The SMILES string of the molecule is CC(=O)O.CC(=O)O.CC(=O)O.CCCN[C@H]1CCc2nc(N)sc2C1. The number of aliphatic carboxylic acids is 3. The van der Waals surface area contributed by atoms with Crippen molar-refractivity contribution in [2.24, 2.45) is 0 Å². The Labute approximate surface area is 157 Å². The number of hydrogen-bond donors (Lipinski definition) is 5. The molecule has 0 saturated heterocycles. The molecule has 1 aromatic heterocycles. The number of fused-ring (bicyclic) bond motifs is 1. The summed E-state index contributed by atoms with van der Waals surface area (Å²) in [6, 6.07) is 0.641. The van der Waals surface area contributed by atoms with Crippen LogP contribution in [0.25, 0.3) is 0 Å². The highest BCUT2D eigenvalue weighted by atomic mass is 32.1. The number of nitrogens with two attached hydrogens (primary N) is 1. The Bertz CT molecular complexity index is 522. The van der Waals surface area contributed by atoms with Gasteiger partial charge in [-0.15, -0.1) is 11.3 Å². The van der Waals surface area contributed by atoms with Crippen LogP contribution in [0.4, 0.5) is 5.13 Å². The van der Waals surface area contributed by atoms with Gasteiger partial charge in [0.1, 0.15) is 0 Å². The van der Waals surface area contributed by atoms with E-state index in [1.807, 2.05) is 0 Å². The fraction of sp³-hybridized carbons (Fsp3) is 0.625. The monoisotopic (exact) mass is 391 g/mol. The molecular weight excluding hydrogens is 362 g/mol. The molecule has 0 aliphatic heterocycles. The fourth-order valence-corrected chi connectivity index (χ4v) is 2.88. The summed E-state index contributed by atoms with van der Waals surface area (Å²) in [5, 5.41) is 26.5. The topological polar surface area (TPSA) is 163 Å². The number of aromatic nitrogens is 1. The lowest BCUT2D eigenvalue weighted by atomic mass is 9.98. The van der Waals surface area contributed by atoms with Gasteiger partial charge in [-0.3, -0.25) is 14.4 Å². The summed E-state index contributed by atoms with van der Waals surface area (Å²) >= 11 is 1.65. The highest BCUT2D eigenvalue weighted by Gasteiger charge is 2.21. The van der Waals surface area contributed by atoms with E-state index in [9.17, 15) is 0 Å². The van der Waals surface area contributed by atoms with Crippen LogP contribution in [0.2, 0.25) is 0 Å². The maximum absolute atomic E-state index is 9.00. The predicted octanol–water partition coefficient (Wildman–Crippen LogP) is 1.85. The molecule has 1 heterocycles. The molecule has 2 rings (SSSR count). The van der Waals surface area contributed by atoms with Crippen LogP contribution in [0.5, 0.6) is 0 Å². The molecule has 0 fully saturated rings. The van der Waals surface area contributed by atoms with E-state index in [-0.39, 0.29) is 0 Å². The summed E-state index contributed by atoms with van der Waals surface area (Å²) in [7, 11) is 0. The summed E-state index contributed by atoms with van der Waals surface area (Å²) < 4.78 is 0. The quantitative estimate of drug-likeness (QED) is 0.517. The lowest BCUT2D eigenvalue weighted by Gasteiger charge is -2.21. The second-order valence-electron chi connectivity index (χ2n) is 5.37. The van der Waals surface area contributed by atoms with Crippen molar-refractivity contribution >= 4 is 34.4 Å². The number of nitrogens with one attached hydrogen (secondary N) is 1. The number of thiazole rings is 1. The van der Waals surface area contributed by atoms with Crippen molar-refractivity contribution in [2.45, 2.75) is 59.4 Å². The Morgan fingerprint density at radius 1 is 1.15 bits per heavy atom. The minimum Gasteiger partial charge on any atom is -0.481 e. The van der Waals surface area contributed by atoms with Crippen molar-refractivity contribution in [3.05, 3.63) is 10.6 Å². The van der Waals surface area contributed by atoms with Gasteiger partial charge in [0, 0.05) is 31.7 Å². The molecule has 9 nitrogen and oxygen atoms in total. The fourth-order valence-electron chi connectivity index (χ4n) is 1.92. The van der Waals surface area contributed by atoms with Crippen molar-refractivity contribution in [1.82, 2.24) is 10.3 Å². The maximum atomic E-state index is 9.00. The number of nitrogen functional groups attached to an aromatic ring is 1. The molecule has 26 heavy (non-hydrogen) atoms. The Balaban J connectivity index is 0. The molecule has 0 saturated carbocycles. The highest BCUT2D eigenvalue weighted by Crippen LogP contribution is 2.27. The summed E-state index contributed by atoms with van der Waals surface area (Å²) in [5.74, 6) is -2.50. The third kappa shape index (κ3) is 18.1. The van der Waals surface area contributed by atoms with E-state index < -0.39 is 17.9 Å². The third-order valence-electron chi connectivity index (χ3n) is 2.64. The van der Waals surface area contributed by atoms with Crippen LogP contribution in [0, 0.1) is 0 Å². The average molecular weight is 391 g/mol. The number of carbonyl (C=O) groups is 3. The van der Waals surface area contributed by atoms with Crippen molar-refractivity contribution < 1.29 is 29.7 Å². The molecule has 1 aliphatic rings. The first-order valence-electron chi connectivity index (χ1n) is 8.05. The van der Waals surface area contributed by atoms with Crippen LogP contribution >= 0.6 is 11.3 Å². The molecule has 0 radical (unpaired) electrons. The first-order chi connectivity index (χ1) is 12.0. The van der Waals surface area contributed by atoms with E-state index in [4.69, 9.17) is 35.4 Å². The lowest BCUT2D eigenvalue weighted by Crippen LogP contribution is -2.34. The van der Waals surface area contributed by atoms with Crippen LogP contribution < -0.4 is 11.1 Å². The Kier molecular flexibility index (Phi) is 15.1. The van der Waals surface area contributed by atoms with Gasteiger partial charge in [-0.2, -0.15) is 0 Å². The standard InChI is InChI=1S/C10H17N3S.3C2H4O2/c1-2-5-12-7-3-4-8-9(6-7)14-10(11)13-8;3*1-2(3)4/h7,12H,2-6H2,1H3,(H2,11,13);3*1H3,(H,3,4)/t7-;;;/m0.../s1. The number of carboxylic acid groups (broad SMARTS) is 3. The molecule has 150 valence electrons. The van der Waals surface area contributed by atoms with Gasteiger partial charge >= 0.3 is 0 Å². The average Bonchev–Trinajstić information content (AvgIpc) is 2.82. The molecule has 6 N–H and O–H groups in total. The molecule has 10 heteroatoms. The molecular formula is C16H29N3O6S. The second kappa shape index (κ2) is 15.1. The molecule has 1 atom stereocenters. The lowest BCUT2D eigenvalue weighted by molar-refractivity contribution is -0.135. The van der Waals surface area contributed by atoms with Crippen LogP contribution in [-0.2, 0) is 27.2 Å². The maximum Gasteiger partial charge on any atom is 0.300 e. The molecule has 1 aromatic rings. The smallest absolute Gasteiger partial charge is 0.300 e. The van der Waals surface area contributed by atoms with Crippen molar-refractivity contribution in [3.63, 3.8) is 0 Å². The molecule has 0 amide bonds. The zero-order valence-corrected chi connectivity index (χ0v) is 16.4. The molecule has 0 spiro atoms. The minimum absolute atomic E-state index is 0.641. The van der Waals surface area contributed by atoms with Crippen molar-refractivity contribution in [2.75, 3.05) is 12.3 Å². The third-order valence-corrected chi connectivity index (χ3v) is 3.59. The Morgan fingerprint density at radius 2 is 1.62 bits per heavy atom. The Hall–Kier alpha value is -2.20. The number of anilines is 1. The van der Waals surface area contributed by atoms with Gasteiger partial charge < -0.3 is 26.4 Å². The van der Waals surface area contributed by atoms with E-state index in [1.165, 1.54) is 23.4 Å². The predicted molar refractivity (Wildman–Crippen MR) is 101 cm³/mol. The number of rotatable bonds is 3. The highest BCUT2D eigenvalue weighted by molar-refractivity contribution is 7.15. The zero-order valence-electron chi connectivity index (χ0n) is 15.6. The summed E-state index contributed by atoms with van der Waals surface area (Å²) in [6.07, 6.45) is 4.61. The number of hydrogen-bond acceptors (Lipinski definition) is 7. The largest absolute Gasteiger partial charge is 0.481 e. The van der Waals surface area contributed by atoms with Gasteiger partial charge in [0.2, 0.25) is 0 Å². The van der Waals surface area contributed by atoms with Gasteiger partial charge in [0.05, 0.1) is 5.69 Å². The van der Waals surface area contributed by atoms with E-state index in [2.05, 4.69) is 17.2 Å². The van der Waals surface area contributed by atoms with Crippen LogP contribution in [-0.4, -0.2) is 50.8 Å². The number of nitrogens with zero attached hydrogens (tertiary/aromatic N) is 1. The van der Waals surface area contributed by atoms with Crippen LogP contribution in [0.1, 0.15) is 51.1 Å². The van der Waals surface area contributed by atoms with Crippen LogP contribution in [0.15, 0.2) is 0 Å². The minimum atomic E-state index is -0.833. The molecule has 0 aromatic carbocycles. The van der Waals surface area contributed by atoms with E-state index in [1.54, 1.807) is 11.3 Å². The molecule has 0 bridgehead atoms. The summed E-state index contributed by atoms with van der Waals surface area (Å²) in [5.41, 5.74) is 6.93. The second-order valence-corrected chi connectivity index (χ2v) is 6.49. The van der Waals surface area contributed by atoms with Gasteiger partial charge in [-0.05, 0) is 32.2 Å². The van der Waals surface area contributed by atoms with Gasteiger partial charge in [-0.1, -0.05) is 6.92 Å². The summed E-state index contributed by atoms with van der Waals surface area (Å²) in [4.78, 5) is 32.7. The normalized spacial score (nSPS) is 14.1. The van der Waals surface area contributed by atoms with Crippen molar-refractivity contribution in [1.29, 1.82) is 0 Å². The van der Waals surface area contributed by atoms with Gasteiger partial charge in [-0.25, -0.2) is 4.98 Å². The van der Waals surface area contributed by atoms with Gasteiger partial charge in [0.15, 0.2) is 5.13 Å². The van der Waals surface area contributed by atoms with Crippen molar-refractivity contribution in [3.8, 4) is 0 Å². The van der Waals surface area contributed by atoms with E-state index in [0.29, 0.717) is 6.04 Å². The number of carboxylic acids is 3. The molecule has 0 unspecified atom stereocenters. The first-order valence-corrected chi connectivity index (χ1v) is 8.87. The van der Waals surface area contributed by atoms with Gasteiger partial charge in [0.25, 0.3) is 17.9 Å².